The van der Waals surface area contributed by atoms with E-state index in [0.717, 1.165) is 68.4 Å². The largest absolute Gasteiger partial charge is 0.492 e. The lowest BCUT2D eigenvalue weighted by atomic mass is 9.85. The van der Waals surface area contributed by atoms with E-state index in [-0.39, 0.29) is 6.10 Å². The van der Waals surface area contributed by atoms with Crippen LogP contribution in [0.4, 0.5) is 5.69 Å². The second-order valence-electron chi connectivity index (χ2n) is 10.0. The molecule has 184 valence electrons. The highest BCUT2D eigenvalue weighted by molar-refractivity contribution is 6.03. The summed E-state index contributed by atoms with van der Waals surface area (Å²) < 4.78 is 12.7. The standard InChI is InChI=1S/C30H32N4O2/c1-19-12-13-34(18-19)14-15-35-23-9-6-21(7-10-23)30-29(24-4-3-5-27-26(24)17-32-33-27)20(2)25-16-22(31)8-11-28(25)36-30/h3-11,16-17,19,30H,12-15,18,31H2,1-2H3,(H,32,33). The number of aromatic nitrogens is 2. The van der Waals surface area contributed by atoms with Crippen molar-refractivity contribution in [2.75, 3.05) is 32.0 Å². The molecule has 6 rings (SSSR count). The molecule has 3 heterocycles. The van der Waals surface area contributed by atoms with E-state index in [9.17, 15) is 0 Å². The number of fused-ring (bicyclic) bond motifs is 2. The molecular weight excluding hydrogens is 448 g/mol. The van der Waals surface area contributed by atoms with Crippen molar-refractivity contribution in [1.29, 1.82) is 0 Å². The zero-order chi connectivity index (χ0) is 24.6. The Labute approximate surface area is 211 Å². The predicted molar refractivity (Wildman–Crippen MR) is 145 cm³/mol. The smallest absolute Gasteiger partial charge is 0.150 e. The fraction of sp³-hybridized carbons (Fsp3) is 0.300. The number of nitrogen functional groups attached to an aromatic ring is 1. The second kappa shape index (κ2) is 9.36. The van der Waals surface area contributed by atoms with Crippen molar-refractivity contribution in [3.05, 3.63) is 83.6 Å². The molecule has 2 unspecified atom stereocenters. The Kier molecular flexibility index (Phi) is 5.89. The van der Waals surface area contributed by atoms with Gasteiger partial charge >= 0.3 is 0 Å². The molecule has 0 amide bonds. The van der Waals surface area contributed by atoms with Crippen molar-refractivity contribution in [3.63, 3.8) is 0 Å². The lowest BCUT2D eigenvalue weighted by Crippen LogP contribution is -2.25. The second-order valence-corrected chi connectivity index (χ2v) is 10.0. The third kappa shape index (κ3) is 4.22. The highest BCUT2D eigenvalue weighted by Crippen LogP contribution is 2.48. The average Bonchev–Trinajstić information content (AvgIpc) is 3.54. The molecule has 36 heavy (non-hydrogen) atoms. The van der Waals surface area contributed by atoms with E-state index in [1.54, 1.807) is 0 Å². The summed E-state index contributed by atoms with van der Waals surface area (Å²) in [4.78, 5) is 2.48. The number of nitrogens with two attached hydrogens (primary N) is 1. The fourth-order valence-electron chi connectivity index (χ4n) is 5.51. The summed E-state index contributed by atoms with van der Waals surface area (Å²) in [6.45, 7) is 8.49. The Morgan fingerprint density at radius 1 is 1.11 bits per heavy atom. The van der Waals surface area contributed by atoms with Crippen molar-refractivity contribution >= 4 is 27.7 Å². The van der Waals surface area contributed by atoms with Crippen LogP contribution in [-0.2, 0) is 0 Å². The van der Waals surface area contributed by atoms with Gasteiger partial charge in [0, 0.05) is 35.3 Å². The number of allylic oxidation sites excluding steroid dienone is 1. The molecule has 0 spiro atoms. The van der Waals surface area contributed by atoms with Crippen LogP contribution in [0.1, 0.15) is 43.1 Å². The SMILES string of the molecule is CC1=C(c2cccc3[nH]ncc23)C(c2ccc(OCCN3CCC(C)C3)cc2)Oc2ccc(N)cc21. The summed E-state index contributed by atoms with van der Waals surface area (Å²) in [5.41, 5.74) is 13.4. The highest BCUT2D eigenvalue weighted by Gasteiger charge is 2.30. The van der Waals surface area contributed by atoms with Gasteiger partial charge in [0.15, 0.2) is 0 Å². The molecule has 4 aromatic rings. The van der Waals surface area contributed by atoms with Gasteiger partial charge in [-0.15, -0.1) is 0 Å². The van der Waals surface area contributed by atoms with Crippen LogP contribution < -0.4 is 15.2 Å². The van der Waals surface area contributed by atoms with E-state index in [4.69, 9.17) is 15.2 Å². The van der Waals surface area contributed by atoms with Gasteiger partial charge in [-0.1, -0.05) is 31.2 Å². The number of aromatic amines is 1. The lowest BCUT2D eigenvalue weighted by Gasteiger charge is -2.31. The molecule has 1 fully saturated rings. The summed E-state index contributed by atoms with van der Waals surface area (Å²) in [7, 11) is 0. The first-order chi connectivity index (χ1) is 17.6. The molecule has 6 nitrogen and oxygen atoms in total. The van der Waals surface area contributed by atoms with E-state index in [0.29, 0.717) is 6.61 Å². The first-order valence-corrected chi connectivity index (χ1v) is 12.7. The summed E-state index contributed by atoms with van der Waals surface area (Å²) in [5, 5.41) is 8.45. The Morgan fingerprint density at radius 3 is 2.78 bits per heavy atom. The molecule has 3 N–H and O–H groups in total. The van der Waals surface area contributed by atoms with Gasteiger partial charge in [0.05, 0.1) is 11.7 Å². The normalized spacial score (nSPS) is 19.9. The fourth-order valence-corrected chi connectivity index (χ4v) is 5.51. The van der Waals surface area contributed by atoms with E-state index >= 15 is 0 Å². The van der Waals surface area contributed by atoms with E-state index in [2.05, 4.69) is 65.3 Å². The topological polar surface area (TPSA) is 76.4 Å². The van der Waals surface area contributed by atoms with Gasteiger partial charge in [-0.25, -0.2) is 0 Å². The van der Waals surface area contributed by atoms with Gasteiger partial charge in [0.1, 0.15) is 24.2 Å². The molecule has 1 saturated heterocycles. The van der Waals surface area contributed by atoms with Gasteiger partial charge in [-0.3, -0.25) is 10.00 Å². The zero-order valence-corrected chi connectivity index (χ0v) is 20.8. The molecule has 0 saturated carbocycles. The van der Waals surface area contributed by atoms with E-state index < -0.39 is 0 Å². The maximum atomic E-state index is 6.64. The molecule has 0 aliphatic carbocycles. The Hall–Kier alpha value is -3.77. The number of likely N-dealkylation sites (tertiary alicyclic amines) is 1. The van der Waals surface area contributed by atoms with Crippen LogP contribution in [0, 0.1) is 5.92 Å². The summed E-state index contributed by atoms with van der Waals surface area (Å²) >= 11 is 0. The van der Waals surface area contributed by atoms with Crippen LogP contribution in [0.15, 0.2) is 66.9 Å². The van der Waals surface area contributed by atoms with Crippen LogP contribution >= 0.6 is 0 Å². The number of H-pyrrole nitrogens is 1. The number of nitrogens with zero attached hydrogens (tertiary/aromatic N) is 2. The maximum Gasteiger partial charge on any atom is 0.150 e. The molecule has 3 aromatic carbocycles. The first-order valence-electron chi connectivity index (χ1n) is 12.7. The highest BCUT2D eigenvalue weighted by atomic mass is 16.5. The minimum Gasteiger partial charge on any atom is -0.492 e. The maximum absolute atomic E-state index is 6.64. The molecule has 0 radical (unpaired) electrons. The molecule has 0 bridgehead atoms. The minimum atomic E-state index is -0.262. The molecule has 6 heteroatoms. The van der Waals surface area contributed by atoms with Crippen molar-refractivity contribution in [3.8, 4) is 11.5 Å². The first kappa shape index (κ1) is 22.7. The predicted octanol–water partition coefficient (Wildman–Crippen LogP) is 5.93. The summed E-state index contributed by atoms with van der Waals surface area (Å²) in [6.07, 6.45) is 2.91. The van der Waals surface area contributed by atoms with Gasteiger partial charge in [0.2, 0.25) is 0 Å². The average molecular weight is 481 g/mol. The van der Waals surface area contributed by atoms with Crippen LogP contribution in [0.3, 0.4) is 0 Å². The quantitative estimate of drug-likeness (QED) is 0.335. The van der Waals surface area contributed by atoms with Crippen molar-refractivity contribution < 1.29 is 9.47 Å². The molecule has 2 aliphatic heterocycles. The van der Waals surface area contributed by atoms with Gasteiger partial charge in [-0.2, -0.15) is 5.10 Å². The van der Waals surface area contributed by atoms with Gasteiger partial charge in [0.25, 0.3) is 0 Å². The van der Waals surface area contributed by atoms with Crippen LogP contribution in [0.2, 0.25) is 0 Å². The van der Waals surface area contributed by atoms with Gasteiger partial charge in [-0.05, 0) is 78.9 Å². The van der Waals surface area contributed by atoms with E-state index in [1.165, 1.54) is 19.5 Å². The van der Waals surface area contributed by atoms with Crippen molar-refractivity contribution in [2.45, 2.75) is 26.4 Å². The monoisotopic (exact) mass is 480 g/mol. The minimum absolute atomic E-state index is 0.262. The molecule has 2 atom stereocenters. The Bertz CT molecular complexity index is 1420. The van der Waals surface area contributed by atoms with Crippen LogP contribution in [-0.4, -0.2) is 41.3 Å². The Morgan fingerprint density at radius 2 is 1.97 bits per heavy atom. The molecule has 2 aliphatic rings. The number of anilines is 1. The van der Waals surface area contributed by atoms with Crippen LogP contribution in [0.5, 0.6) is 11.5 Å². The lowest BCUT2D eigenvalue weighted by molar-refractivity contribution is 0.233. The van der Waals surface area contributed by atoms with Gasteiger partial charge < -0.3 is 15.2 Å². The number of rotatable bonds is 6. The van der Waals surface area contributed by atoms with E-state index in [1.807, 2.05) is 30.5 Å². The summed E-state index contributed by atoms with van der Waals surface area (Å²) in [5.74, 6) is 2.52. The third-order valence-electron chi connectivity index (χ3n) is 7.46. The van der Waals surface area contributed by atoms with Crippen molar-refractivity contribution in [2.24, 2.45) is 5.92 Å². The number of hydrogen-bond donors (Lipinski definition) is 2. The number of benzene rings is 3. The zero-order valence-electron chi connectivity index (χ0n) is 20.8. The Balaban J connectivity index is 1.31. The van der Waals surface area contributed by atoms with Crippen molar-refractivity contribution in [1.82, 2.24) is 15.1 Å². The third-order valence-corrected chi connectivity index (χ3v) is 7.46. The van der Waals surface area contributed by atoms with Crippen LogP contribution in [0.25, 0.3) is 22.0 Å². The summed E-state index contributed by atoms with van der Waals surface area (Å²) in [6, 6.07) is 20.4. The molecular formula is C30H32N4O2. The molecule has 1 aromatic heterocycles. The number of nitrogens with one attached hydrogen (secondary N) is 1. The number of hydrogen-bond acceptors (Lipinski definition) is 5. The number of ether oxygens (including phenoxy) is 2.